The molecule has 52 valence electrons. The summed E-state index contributed by atoms with van der Waals surface area (Å²) in [6.07, 6.45) is 0.371. The Bertz CT molecular complexity index is 328. The zero-order valence-corrected chi connectivity index (χ0v) is 5.91. The van der Waals surface area contributed by atoms with Gasteiger partial charge in [0.05, 0.1) is 24.1 Å². The van der Waals surface area contributed by atoms with Crippen molar-refractivity contribution in [3.8, 4) is 12.1 Å². The predicted molar refractivity (Wildman–Crippen MR) is 40.5 cm³/mol. The molecule has 1 aromatic carbocycles. The molecule has 0 aliphatic carbocycles. The third-order valence-electron chi connectivity index (χ3n) is 1.34. The smallest absolute Gasteiger partial charge is 0.0991 e. The average molecular weight is 142 g/mol. The first kappa shape index (κ1) is 7.31. The van der Waals surface area contributed by atoms with Crippen molar-refractivity contribution >= 4 is 0 Å². The number of hydrogen-bond acceptors (Lipinski definition) is 2. The Balaban J connectivity index is 2.96. The van der Waals surface area contributed by atoms with Gasteiger partial charge in [-0.2, -0.15) is 10.5 Å². The van der Waals surface area contributed by atoms with Gasteiger partial charge in [0.15, 0.2) is 0 Å². The first-order valence-corrected chi connectivity index (χ1v) is 3.23. The van der Waals surface area contributed by atoms with Crippen molar-refractivity contribution in [2.24, 2.45) is 0 Å². The molecule has 11 heavy (non-hydrogen) atoms. The van der Waals surface area contributed by atoms with Gasteiger partial charge >= 0.3 is 0 Å². The molecule has 0 radical (unpaired) electrons. The van der Waals surface area contributed by atoms with Crippen LogP contribution in [0.2, 0.25) is 0 Å². The molecule has 2 nitrogen and oxygen atoms in total. The van der Waals surface area contributed by atoms with Crippen molar-refractivity contribution in [2.45, 2.75) is 6.42 Å². The summed E-state index contributed by atoms with van der Waals surface area (Å²) in [5.41, 5.74) is 1.50. The van der Waals surface area contributed by atoms with Gasteiger partial charge in [0.25, 0.3) is 0 Å². The summed E-state index contributed by atoms with van der Waals surface area (Å²) in [7, 11) is 0. The maximum absolute atomic E-state index is 8.50. The molecule has 0 N–H and O–H groups in total. The molecule has 0 unspecified atom stereocenters. The number of nitrogens with zero attached hydrogens (tertiary/aromatic N) is 2. The maximum Gasteiger partial charge on any atom is 0.0991 e. The highest BCUT2D eigenvalue weighted by molar-refractivity contribution is 5.33. The van der Waals surface area contributed by atoms with E-state index < -0.39 is 0 Å². The van der Waals surface area contributed by atoms with Crippen LogP contribution in [0.4, 0.5) is 0 Å². The van der Waals surface area contributed by atoms with E-state index in [9.17, 15) is 0 Å². The highest BCUT2D eigenvalue weighted by Gasteiger charge is 1.92. The van der Waals surface area contributed by atoms with Gasteiger partial charge in [-0.3, -0.25) is 0 Å². The van der Waals surface area contributed by atoms with Gasteiger partial charge in [-0.05, 0) is 17.7 Å². The van der Waals surface area contributed by atoms with E-state index in [4.69, 9.17) is 10.5 Å². The summed E-state index contributed by atoms with van der Waals surface area (Å²) < 4.78 is 0. The molecule has 0 fully saturated rings. The second-order valence-corrected chi connectivity index (χ2v) is 2.15. The van der Waals surface area contributed by atoms with E-state index >= 15 is 0 Å². The minimum absolute atomic E-state index is 0.371. The third-order valence-corrected chi connectivity index (χ3v) is 1.34. The van der Waals surface area contributed by atoms with Crippen molar-refractivity contribution < 1.29 is 0 Å². The number of benzene rings is 1. The zero-order chi connectivity index (χ0) is 8.10. The minimum atomic E-state index is 0.371. The van der Waals surface area contributed by atoms with Gasteiger partial charge < -0.3 is 0 Å². The quantitative estimate of drug-likeness (QED) is 0.598. The molecule has 0 amide bonds. The number of hydrogen-bond donors (Lipinski definition) is 0. The highest BCUT2D eigenvalue weighted by Crippen LogP contribution is 2.03. The van der Waals surface area contributed by atoms with Gasteiger partial charge in [-0.15, -0.1) is 0 Å². The van der Waals surface area contributed by atoms with Crippen LogP contribution in [0.1, 0.15) is 11.1 Å². The molecule has 0 aliphatic rings. The minimum Gasteiger partial charge on any atom is -0.198 e. The Morgan fingerprint density at radius 2 is 2.09 bits per heavy atom. The van der Waals surface area contributed by atoms with Crippen molar-refractivity contribution in [1.82, 2.24) is 0 Å². The van der Waals surface area contributed by atoms with E-state index in [1.54, 1.807) is 18.2 Å². The normalized spacial score (nSPS) is 8.18. The van der Waals surface area contributed by atoms with Crippen LogP contribution >= 0.6 is 0 Å². The van der Waals surface area contributed by atoms with Crippen LogP contribution < -0.4 is 0 Å². The molecule has 0 atom stereocenters. The van der Waals surface area contributed by atoms with Gasteiger partial charge in [0, 0.05) is 0 Å². The molecular formula is C9H6N2. The maximum atomic E-state index is 8.50. The van der Waals surface area contributed by atoms with E-state index in [1.807, 2.05) is 18.2 Å². The largest absolute Gasteiger partial charge is 0.198 e. The summed E-state index contributed by atoms with van der Waals surface area (Å²) >= 11 is 0. The Labute approximate surface area is 65.3 Å². The molecular weight excluding hydrogens is 136 g/mol. The van der Waals surface area contributed by atoms with E-state index in [0.29, 0.717) is 12.0 Å². The van der Waals surface area contributed by atoms with Crippen LogP contribution in [0.25, 0.3) is 0 Å². The lowest BCUT2D eigenvalue weighted by atomic mass is 10.1. The SMILES string of the molecule is N#CCc1cccc(C#N)c1. The van der Waals surface area contributed by atoms with Crippen LogP contribution in [0.15, 0.2) is 24.3 Å². The van der Waals surface area contributed by atoms with Gasteiger partial charge in [-0.25, -0.2) is 0 Å². The summed E-state index contributed by atoms with van der Waals surface area (Å²) in [5, 5.41) is 16.8. The first-order valence-electron chi connectivity index (χ1n) is 3.23. The average Bonchev–Trinajstić information content (AvgIpc) is 2.06. The monoisotopic (exact) mass is 142 g/mol. The fourth-order valence-corrected chi connectivity index (χ4v) is 0.842. The van der Waals surface area contributed by atoms with Gasteiger partial charge in [0.2, 0.25) is 0 Å². The lowest BCUT2D eigenvalue weighted by molar-refractivity contribution is 1.26. The van der Waals surface area contributed by atoms with E-state index in [1.165, 1.54) is 0 Å². The predicted octanol–water partition coefficient (Wildman–Crippen LogP) is 1.62. The number of nitriles is 2. The summed E-state index contributed by atoms with van der Waals surface area (Å²) in [6, 6.07) is 11.1. The topological polar surface area (TPSA) is 47.6 Å². The van der Waals surface area contributed by atoms with Crippen molar-refractivity contribution in [3.05, 3.63) is 35.4 Å². The molecule has 0 aliphatic heterocycles. The lowest BCUT2D eigenvalue weighted by Gasteiger charge is -1.92. The Kier molecular flexibility index (Phi) is 2.25. The molecule has 0 bridgehead atoms. The van der Waals surface area contributed by atoms with Crippen molar-refractivity contribution in [2.75, 3.05) is 0 Å². The Hall–Kier alpha value is -1.80. The lowest BCUT2D eigenvalue weighted by Crippen LogP contribution is -1.81. The standard InChI is InChI=1S/C9H6N2/c10-5-4-8-2-1-3-9(6-8)7-11/h1-3,6H,4H2. The van der Waals surface area contributed by atoms with Gasteiger partial charge in [0.1, 0.15) is 0 Å². The van der Waals surface area contributed by atoms with Crippen LogP contribution in [-0.4, -0.2) is 0 Å². The molecule has 2 heteroatoms. The molecule has 0 spiro atoms. The second-order valence-electron chi connectivity index (χ2n) is 2.15. The molecule has 0 aromatic heterocycles. The van der Waals surface area contributed by atoms with Crippen LogP contribution in [0, 0.1) is 22.7 Å². The van der Waals surface area contributed by atoms with Crippen LogP contribution in [0.5, 0.6) is 0 Å². The molecule has 1 aromatic rings. The first-order chi connectivity index (χ1) is 5.36. The van der Waals surface area contributed by atoms with Crippen molar-refractivity contribution in [1.29, 1.82) is 10.5 Å². The highest BCUT2D eigenvalue weighted by atomic mass is 14.2. The van der Waals surface area contributed by atoms with E-state index in [2.05, 4.69) is 0 Å². The zero-order valence-electron chi connectivity index (χ0n) is 5.91. The molecule has 0 saturated carbocycles. The van der Waals surface area contributed by atoms with E-state index in [-0.39, 0.29) is 0 Å². The Morgan fingerprint density at radius 3 is 2.73 bits per heavy atom. The summed E-state index contributed by atoms with van der Waals surface area (Å²) in [5.74, 6) is 0. The fraction of sp³-hybridized carbons (Fsp3) is 0.111. The Morgan fingerprint density at radius 1 is 1.27 bits per heavy atom. The van der Waals surface area contributed by atoms with Crippen molar-refractivity contribution in [3.63, 3.8) is 0 Å². The summed E-state index contributed by atoms with van der Waals surface area (Å²) in [6.45, 7) is 0. The molecule has 0 saturated heterocycles. The third kappa shape index (κ3) is 1.81. The van der Waals surface area contributed by atoms with E-state index in [0.717, 1.165) is 5.56 Å². The van der Waals surface area contributed by atoms with Crippen LogP contribution in [-0.2, 0) is 6.42 Å². The van der Waals surface area contributed by atoms with Crippen LogP contribution in [0.3, 0.4) is 0 Å². The fourth-order valence-electron chi connectivity index (χ4n) is 0.842. The molecule has 0 heterocycles. The molecule has 1 rings (SSSR count). The summed E-state index contributed by atoms with van der Waals surface area (Å²) in [4.78, 5) is 0. The van der Waals surface area contributed by atoms with Gasteiger partial charge in [-0.1, -0.05) is 12.1 Å². The number of rotatable bonds is 1. The second kappa shape index (κ2) is 3.39.